The molecule has 0 saturated heterocycles. The molecular weight excluding hydrogens is 336 g/mol. The standard InChI is InChI=1S/C14H15BrN4O2/c1-17-9-16-19(14(17)21)8-13(20)18-5-4-10-6-12(15)3-2-11(10)7-18/h2-3,6,9H,4-5,7-8H2,1H3. The number of hydrogen-bond acceptors (Lipinski definition) is 3. The molecule has 3 rings (SSSR count). The number of aromatic nitrogens is 3. The van der Waals surface area contributed by atoms with Crippen molar-refractivity contribution >= 4 is 21.8 Å². The van der Waals surface area contributed by atoms with E-state index in [0.717, 1.165) is 16.5 Å². The van der Waals surface area contributed by atoms with E-state index in [2.05, 4.69) is 27.1 Å². The maximum atomic E-state index is 12.3. The molecule has 1 aliphatic heterocycles. The van der Waals surface area contributed by atoms with Crippen LogP contribution in [0, 0.1) is 0 Å². The van der Waals surface area contributed by atoms with E-state index in [1.54, 1.807) is 11.9 Å². The van der Waals surface area contributed by atoms with Gasteiger partial charge < -0.3 is 4.90 Å². The van der Waals surface area contributed by atoms with Gasteiger partial charge in [0.25, 0.3) is 0 Å². The lowest BCUT2D eigenvalue weighted by Gasteiger charge is -2.29. The minimum atomic E-state index is -0.273. The zero-order chi connectivity index (χ0) is 15.0. The van der Waals surface area contributed by atoms with Gasteiger partial charge in [-0.05, 0) is 29.7 Å². The number of carbonyl (C=O) groups excluding carboxylic acids is 1. The van der Waals surface area contributed by atoms with E-state index in [1.165, 1.54) is 21.1 Å². The Labute approximate surface area is 130 Å². The lowest BCUT2D eigenvalue weighted by Crippen LogP contribution is -2.40. The number of carbonyl (C=O) groups is 1. The third-order valence-corrected chi connectivity index (χ3v) is 4.20. The van der Waals surface area contributed by atoms with Gasteiger partial charge in [0.05, 0.1) is 0 Å². The molecule has 0 N–H and O–H groups in total. The SMILES string of the molecule is Cn1cnn(CC(=O)N2CCc3cc(Br)ccc3C2)c1=O. The molecule has 0 spiro atoms. The van der Waals surface area contributed by atoms with Crippen LogP contribution in [0.1, 0.15) is 11.1 Å². The minimum absolute atomic E-state index is 0.00840. The summed E-state index contributed by atoms with van der Waals surface area (Å²) < 4.78 is 3.61. The smallest absolute Gasteiger partial charge is 0.336 e. The molecule has 0 aliphatic carbocycles. The lowest BCUT2D eigenvalue weighted by atomic mass is 10.00. The van der Waals surface area contributed by atoms with E-state index < -0.39 is 0 Å². The first kappa shape index (κ1) is 14.1. The highest BCUT2D eigenvalue weighted by Crippen LogP contribution is 2.22. The second-order valence-electron chi connectivity index (χ2n) is 5.16. The molecule has 0 bridgehead atoms. The molecule has 0 fully saturated rings. The molecule has 21 heavy (non-hydrogen) atoms. The van der Waals surface area contributed by atoms with E-state index in [1.807, 2.05) is 12.1 Å². The van der Waals surface area contributed by atoms with Crippen molar-refractivity contribution in [2.45, 2.75) is 19.5 Å². The van der Waals surface area contributed by atoms with Crippen molar-refractivity contribution in [3.8, 4) is 0 Å². The van der Waals surface area contributed by atoms with Gasteiger partial charge in [-0.15, -0.1) is 0 Å². The highest BCUT2D eigenvalue weighted by molar-refractivity contribution is 9.10. The highest BCUT2D eigenvalue weighted by atomic mass is 79.9. The predicted octanol–water partition coefficient (Wildman–Crippen LogP) is 0.929. The van der Waals surface area contributed by atoms with Crippen molar-refractivity contribution in [1.29, 1.82) is 0 Å². The molecule has 1 amide bonds. The maximum Gasteiger partial charge on any atom is 0.345 e. The van der Waals surface area contributed by atoms with Crippen molar-refractivity contribution in [1.82, 2.24) is 19.2 Å². The number of amides is 1. The summed E-state index contributed by atoms with van der Waals surface area (Å²) in [4.78, 5) is 25.8. The van der Waals surface area contributed by atoms with Gasteiger partial charge in [0.15, 0.2) is 0 Å². The molecule has 1 aromatic carbocycles. The van der Waals surface area contributed by atoms with Crippen LogP contribution in [0.3, 0.4) is 0 Å². The van der Waals surface area contributed by atoms with E-state index in [0.29, 0.717) is 13.1 Å². The van der Waals surface area contributed by atoms with Crippen molar-refractivity contribution in [2.24, 2.45) is 7.05 Å². The summed E-state index contributed by atoms with van der Waals surface area (Å²) in [6.45, 7) is 1.25. The molecule has 0 unspecified atom stereocenters. The van der Waals surface area contributed by atoms with Crippen molar-refractivity contribution < 1.29 is 4.79 Å². The number of nitrogens with zero attached hydrogens (tertiary/aromatic N) is 4. The molecule has 1 aromatic heterocycles. The molecule has 0 atom stereocenters. The van der Waals surface area contributed by atoms with Gasteiger partial charge in [-0.25, -0.2) is 9.48 Å². The Morgan fingerprint density at radius 3 is 2.90 bits per heavy atom. The Hall–Kier alpha value is -1.89. The van der Waals surface area contributed by atoms with E-state index in [-0.39, 0.29) is 18.1 Å². The van der Waals surface area contributed by atoms with Crippen LogP contribution in [0.15, 0.2) is 33.8 Å². The second kappa shape index (κ2) is 5.48. The van der Waals surface area contributed by atoms with Gasteiger partial charge in [0, 0.05) is 24.6 Å². The summed E-state index contributed by atoms with van der Waals surface area (Å²) in [5, 5.41) is 3.92. The topological polar surface area (TPSA) is 60.1 Å². The van der Waals surface area contributed by atoms with Crippen LogP contribution in [0.25, 0.3) is 0 Å². The Morgan fingerprint density at radius 1 is 1.38 bits per heavy atom. The number of hydrogen-bond donors (Lipinski definition) is 0. The summed E-state index contributed by atoms with van der Waals surface area (Å²) in [5.74, 6) is -0.0793. The highest BCUT2D eigenvalue weighted by Gasteiger charge is 2.21. The van der Waals surface area contributed by atoms with E-state index >= 15 is 0 Å². The van der Waals surface area contributed by atoms with E-state index in [9.17, 15) is 9.59 Å². The second-order valence-corrected chi connectivity index (χ2v) is 6.08. The number of fused-ring (bicyclic) bond motifs is 1. The molecule has 2 heterocycles. The van der Waals surface area contributed by atoms with Crippen LogP contribution in [0.2, 0.25) is 0 Å². The molecule has 7 heteroatoms. The fourth-order valence-electron chi connectivity index (χ4n) is 2.49. The number of rotatable bonds is 2. The number of aryl methyl sites for hydroxylation is 1. The van der Waals surface area contributed by atoms with Crippen LogP contribution >= 0.6 is 15.9 Å². The quantitative estimate of drug-likeness (QED) is 0.809. The summed E-state index contributed by atoms with van der Waals surface area (Å²) in [5.41, 5.74) is 2.15. The summed E-state index contributed by atoms with van der Waals surface area (Å²) in [7, 11) is 1.62. The number of halogens is 1. The molecular formula is C14H15BrN4O2. The third kappa shape index (κ3) is 2.78. The largest absolute Gasteiger partial charge is 0.345 e. The Bertz CT molecular complexity index is 750. The predicted molar refractivity (Wildman–Crippen MR) is 80.7 cm³/mol. The Kier molecular flexibility index (Phi) is 3.67. The molecule has 0 radical (unpaired) electrons. The summed E-state index contributed by atoms with van der Waals surface area (Å²) in [6.07, 6.45) is 2.25. The third-order valence-electron chi connectivity index (χ3n) is 3.71. The van der Waals surface area contributed by atoms with Gasteiger partial charge >= 0.3 is 5.69 Å². The van der Waals surface area contributed by atoms with Gasteiger partial charge in [0.1, 0.15) is 12.9 Å². The van der Waals surface area contributed by atoms with E-state index in [4.69, 9.17) is 0 Å². The van der Waals surface area contributed by atoms with Crippen LogP contribution in [0.4, 0.5) is 0 Å². The zero-order valence-electron chi connectivity index (χ0n) is 11.6. The van der Waals surface area contributed by atoms with Crippen molar-refractivity contribution in [2.75, 3.05) is 6.54 Å². The van der Waals surface area contributed by atoms with Gasteiger partial charge in [-0.2, -0.15) is 5.10 Å². The van der Waals surface area contributed by atoms with Gasteiger partial charge in [-0.3, -0.25) is 9.36 Å². The first-order chi connectivity index (χ1) is 10.0. The average molecular weight is 351 g/mol. The average Bonchev–Trinajstić information content (AvgIpc) is 2.78. The lowest BCUT2D eigenvalue weighted by molar-refractivity contribution is -0.133. The summed E-state index contributed by atoms with van der Waals surface area (Å²) in [6, 6.07) is 6.11. The summed E-state index contributed by atoms with van der Waals surface area (Å²) >= 11 is 3.46. The Morgan fingerprint density at radius 2 is 2.19 bits per heavy atom. The fraction of sp³-hybridized carbons (Fsp3) is 0.357. The van der Waals surface area contributed by atoms with Crippen LogP contribution in [-0.2, 0) is 31.4 Å². The van der Waals surface area contributed by atoms with Gasteiger partial charge in [0.2, 0.25) is 5.91 Å². The van der Waals surface area contributed by atoms with Crippen molar-refractivity contribution in [3.05, 3.63) is 50.6 Å². The van der Waals surface area contributed by atoms with Crippen LogP contribution < -0.4 is 5.69 Å². The van der Waals surface area contributed by atoms with Crippen molar-refractivity contribution in [3.63, 3.8) is 0 Å². The molecule has 6 nitrogen and oxygen atoms in total. The monoisotopic (exact) mass is 350 g/mol. The molecule has 2 aromatic rings. The zero-order valence-corrected chi connectivity index (χ0v) is 13.2. The maximum absolute atomic E-state index is 12.3. The van der Waals surface area contributed by atoms with Crippen LogP contribution in [-0.4, -0.2) is 31.7 Å². The van der Waals surface area contributed by atoms with Gasteiger partial charge in [-0.1, -0.05) is 22.0 Å². The van der Waals surface area contributed by atoms with Crippen LogP contribution in [0.5, 0.6) is 0 Å². The molecule has 110 valence electrons. The first-order valence-electron chi connectivity index (χ1n) is 6.68. The molecule has 1 aliphatic rings. The fourth-order valence-corrected chi connectivity index (χ4v) is 2.90. The number of benzene rings is 1. The Balaban J connectivity index is 1.74. The molecule has 0 saturated carbocycles. The first-order valence-corrected chi connectivity index (χ1v) is 7.47. The normalized spacial score (nSPS) is 14.1. The minimum Gasteiger partial charge on any atom is -0.336 e.